The van der Waals surface area contributed by atoms with Crippen LogP contribution in [0, 0.1) is 11.3 Å². The highest BCUT2D eigenvalue weighted by atomic mass is 16.5. The van der Waals surface area contributed by atoms with Gasteiger partial charge >= 0.3 is 0 Å². The van der Waals surface area contributed by atoms with Gasteiger partial charge in [0.2, 0.25) is 0 Å². The molecule has 0 bridgehead atoms. The van der Waals surface area contributed by atoms with Crippen LogP contribution >= 0.6 is 0 Å². The van der Waals surface area contributed by atoms with E-state index in [-0.39, 0.29) is 0 Å². The highest BCUT2D eigenvalue weighted by molar-refractivity contribution is 5.45. The summed E-state index contributed by atoms with van der Waals surface area (Å²) in [4.78, 5) is 9.26. The van der Waals surface area contributed by atoms with E-state index in [4.69, 9.17) is 10.00 Å². The van der Waals surface area contributed by atoms with E-state index in [1.807, 2.05) is 6.07 Å². The van der Waals surface area contributed by atoms with Crippen molar-refractivity contribution in [3.05, 3.63) is 59.8 Å². The maximum Gasteiger partial charge on any atom is 0.129 e. The molecule has 0 saturated carbocycles. The monoisotopic (exact) mass is 320 g/mol. The Labute approximate surface area is 142 Å². The topological polar surface area (TPSA) is 52.4 Å². The lowest BCUT2D eigenvalue weighted by Crippen LogP contribution is -2.59. The number of pyridine rings is 1. The normalized spacial score (nSPS) is 24.2. The Morgan fingerprint density at radius 1 is 1.12 bits per heavy atom. The number of aromatic nitrogens is 1. The van der Waals surface area contributed by atoms with Crippen LogP contribution in [0.25, 0.3) is 0 Å². The highest BCUT2D eigenvalue weighted by Crippen LogP contribution is 2.30. The number of nitrogens with zero attached hydrogens (tertiary/aromatic N) is 4. The summed E-state index contributed by atoms with van der Waals surface area (Å²) in [5.41, 5.74) is 1.98. The summed E-state index contributed by atoms with van der Waals surface area (Å²) in [5, 5.41) is 9.08. The Bertz CT molecular complexity index is 743. The number of fused-ring (bicyclic) bond motifs is 1. The number of anilines is 1. The molecular weight excluding hydrogens is 300 g/mol. The fourth-order valence-corrected chi connectivity index (χ4v) is 3.67. The zero-order valence-corrected chi connectivity index (χ0v) is 13.5. The quantitative estimate of drug-likeness (QED) is 0.849. The Hall–Kier alpha value is -2.42. The van der Waals surface area contributed by atoms with Crippen molar-refractivity contribution in [3.8, 4) is 6.07 Å². The van der Waals surface area contributed by atoms with Crippen molar-refractivity contribution >= 4 is 5.82 Å². The Morgan fingerprint density at radius 2 is 2.00 bits per heavy atom. The number of hydrogen-bond donors (Lipinski definition) is 0. The molecule has 2 aliphatic rings. The van der Waals surface area contributed by atoms with Gasteiger partial charge in [0.1, 0.15) is 5.82 Å². The maximum atomic E-state index is 9.08. The van der Waals surface area contributed by atoms with Gasteiger partial charge in [-0.3, -0.25) is 4.90 Å². The average Bonchev–Trinajstić information content (AvgIpc) is 2.68. The number of ether oxygens (including phenoxy) is 1. The summed E-state index contributed by atoms with van der Waals surface area (Å²) in [6.07, 6.45) is 1.71. The molecule has 0 aliphatic carbocycles. The molecule has 4 rings (SSSR count). The molecule has 2 atom stereocenters. The second kappa shape index (κ2) is 6.60. The molecule has 24 heavy (non-hydrogen) atoms. The molecule has 2 saturated heterocycles. The number of benzene rings is 1. The number of rotatable bonds is 2. The average molecular weight is 320 g/mol. The lowest BCUT2D eigenvalue weighted by Gasteiger charge is -2.48. The van der Waals surface area contributed by atoms with Gasteiger partial charge in [0.05, 0.1) is 36.9 Å². The molecule has 2 fully saturated rings. The fourth-order valence-electron chi connectivity index (χ4n) is 3.67. The molecule has 122 valence electrons. The van der Waals surface area contributed by atoms with E-state index >= 15 is 0 Å². The van der Waals surface area contributed by atoms with Gasteiger partial charge in [-0.15, -0.1) is 0 Å². The lowest BCUT2D eigenvalue weighted by molar-refractivity contribution is -0.0548. The van der Waals surface area contributed by atoms with E-state index in [0.717, 1.165) is 38.7 Å². The molecular formula is C19H20N4O. The van der Waals surface area contributed by atoms with Gasteiger partial charge in [-0.1, -0.05) is 30.3 Å². The molecule has 0 radical (unpaired) electrons. The molecule has 0 N–H and O–H groups in total. The molecule has 0 amide bonds. The Morgan fingerprint density at radius 3 is 2.83 bits per heavy atom. The van der Waals surface area contributed by atoms with Crippen LogP contribution in [0.15, 0.2) is 48.7 Å². The lowest BCUT2D eigenvalue weighted by atomic mass is 10.00. The number of hydrogen-bond acceptors (Lipinski definition) is 5. The van der Waals surface area contributed by atoms with Gasteiger partial charge in [-0.05, 0) is 17.7 Å². The van der Waals surface area contributed by atoms with Crippen molar-refractivity contribution < 1.29 is 4.74 Å². The van der Waals surface area contributed by atoms with Crippen LogP contribution in [0.2, 0.25) is 0 Å². The first-order valence-electron chi connectivity index (χ1n) is 8.34. The summed E-state index contributed by atoms with van der Waals surface area (Å²) in [5.74, 6) is 0.885. The minimum Gasteiger partial charge on any atom is -0.378 e. The fraction of sp³-hybridized carbons (Fsp3) is 0.368. The van der Waals surface area contributed by atoms with Crippen molar-refractivity contribution in [2.45, 2.75) is 12.1 Å². The predicted molar refractivity (Wildman–Crippen MR) is 91.7 cm³/mol. The first kappa shape index (κ1) is 15.1. The van der Waals surface area contributed by atoms with Gasteiger partial charge in [0.25, 0.3) is 0 Å². The minimum atomic E-state index is 0.325. The second-order valence-electron chi connectivity index (χ2n) is 6.32. The van der Waals surface area contributed by atoms with Gasteiger partial charge in [0.15, 0.2) is 0 Å². The molecule has 3 heterocycles. The van der Waals surface area contributed by atoms with E-state index in [1.165, 1.54) is 5.56 Å². The van der Waals surface area contributed by atoms with Crippen molar-refractivity contribution in [3.63, 3.8) is 0 Å². The molecule has 1 aromatic heterocycles. The molecule has 0 spiro atoms. The molecule has 0 unspecified atom stereocenters. The summed E-state index contributed by atoms with van der Waals surface area (Å²) >= 11 is 0. The van der Waals surface area contributed by atoms with Crippen LogP contribution in [0.1, 0.15) is 17.2 Å². The van der Waals surface area contributed by atoms with Crippen LogP contribution in [0.4, 0.5) is 5.82 Å². The highest BCUT2D eigenvalue weighted by Gasteiger charge is 2.36. The molecule has 5 heteroatoms. The summed E-state index contributed by atoms with van der Waals surface area (Å²) in [7, 11) is 0. The maximum absolute atomic E-state index is 9.08. The molecule has 5 nitrogen and oxygen atoms in total. The second-order valence-corrected chi connectivity index (χ2v) is 6.32. The van der Waals surface area contributed by atoms with Crippen LogP contribution in [-0.4, -0.2) is 48.8 Å². The van der Waals surface area contributed by atoms with Gasteiger partial charge < -0.3 is 9.64 Å². The zero-order valence-electron chi connectivity index (χ0n) is 13.5. The van der Waals surface area contributed by atoms with Gasteiger partial charge in [0, 0.05) is 25.8 Å². The predicted octanol–water partition coefficient (Wildman–Crippen LogP) is 2.22. The molecule has 1 aromatic carbocycles. The largest absolute Gasteiger partial charge is 0.378 e. The van der Waals surface area contributed by atoms with Crippen molar-refractivity contribution in [2.75, 3.05) is 37.7 Å². The van der Waals surface area contributed by atoms with Crippen LogP contribution in [0.5, 0.6) is 0 Å². The number of morpholine rings is 1. The van der Waals surface area contributed by atoms with Gasteiger partial charge in [-0.25, -0.2) is 4.98 Å². The third-order valence-electron chi connectivity index (χ3n) is 4.90. The SMILES string of the molecule is N#Cc1ccnc(N2CCN3[C@@H](COC[C@@H]3c3ccccc3)C2)c1. The molecule has 2 aliphatic heterocycles. The van der Waals surface area contributed by atoms with E-state index in [0.29, 0.717) is 17.6 Å². The smallest absolute Gasteiger partial charge is 0.129 e. The Balaban J connectivity index is 1.52. The third-order valence-corrected chi connectivity index (χ3v) is 4.90. The van der Waals surface area contributed by atoms with Crippen molar-refractivity contribution in [1.29, 1.82) is 5.26 Å². The van der Waals surface area contributed by atoms with E-state index < -0.39 is 0 Å². The van der Waals surface area contributed by atoms with E-state index in [2.05, 4.69) is 51.2 Å². The van der Waals surface area contributed by atoms with Gasteiger partial charge in [-0.2, -0.15) is 5.26 Å². The van der Waals surface area contributed by atoms with Crippen molar-refractivity contribution in [1.82, 2.24) is 9.88 Å². The first-order chi connectivity index (χ1) is 11.8. The summed E-state index contributed by atoms with van der Waals surface area (Å²) in [6, 6.07) is 17.1. The Kier molecular flexibility index (Phi) is 4.16. The summed E-state index contributed by atoms with van der Waals surface area (Å²) in [6.45, 7) is 4.28. The standard InChI is InChI=1S/C19H20N4O/c20-11-15-6-7-21-19(10-15)22-8-9-23-17(12-22)13-24-14-18(23)16-4-2-1-3-5-16/h1-7,10,17-18H,8-9,12-14H2/t17-,18-/m1/s1. The molecule has 2 aromatic rings. The first-order valence-corrected chi connectivity index (χ1v) is 8.34. The van der Waals surface area contributed by atoms with Crippen LogP contribution in [-0.2, 0) is 4.74 Å². The number of nitriles is 1. The van der Waals surface area contributed by atoms with E-state index in [9.17, 15) is 0 Å². The number of piperazine rings is 1. The van der Waals surface area contributed by atoms with Crippen LogP contribution < -0.4 is 4.90 Å². The summed E-state index contributed by atoms with van der Waals surface area (Å²) < 4.78 is 5.89. The minimum absolute atomic E-state index is 0.325. The van der Waals surface area contributed by atoms with Crippen molar-refractivity contribution in [2.24, 2.45) is 0 Å². The third kappa shape index (κ3) is 2.86. The van der Waals surface area contributed by atoms with E-state index in [1.54, 1.807) is 12.3 Å². The zero-order chi connectivity index (χ0) is 16.4. The van der Waals surface area contributed by atoms with Crippen LogP contribution in [0.3, 0.4) is 0 Å².